The highest BCUT2D eigenvalue weighted by atomic mass is 32.2. The van der Waals surface area contributed by atoms with Crippen molar-refractivity contribution in [1.29, 1.82) is 5.26 Å². The molecule has 0 radical (unpaired) electrons. The molecule has 1 aromatic heterocycles. The predicted molar refractivity (Wildman–Crippen MR) is 109 cm³/mol. The molecule has 7 nitrogen and oxygen atoms in total. The molecule has 2 aromatic rings. The summed E-state index contributed by atoms with van der Waals surface area (Å²) in [6.07, 6.45) is 5.98. The van der Waals surface area contributed by atoms with Gasteiger partial charge in [-0.1, -0.05) is 11.8 Å². The van der Waals surface area contributed by atoms with Crippen LogP contribution < -0.4 is 10.2 Å². The molecule has 1 saturated carbocycles. The molecule has 8 heteroatoms. The summed E-state index contributed by atoms with van der Waals surface area (Å²) in [4.78, 5) is 14.9. The van der Waals surface area contributed by atoms with Gasteiger partial charge in [-0.25, -0.2) is 0 Å². The van der Waals surface area contributed by atoms with E-state index in [-0.39, 0.29) is 11.2 Å². The number of thioether (sulfide) groups is 1. The summed E-state index contributed by atoms with van der Waals surface area (Å²) in [5, 5.41) is 21.2. The fourth-order valence-electron chi connectivity index (χ4n) is 3.40. The van der Waals surface area contributed by atoms with Gasteiger partial charge in [0.15, 0.2) is 5.16 Å². The molecule has 4 rings (SSSR count). The number of anilines is 2. The maximum absolute atomic E-state index is 12.6. The number of nitrogens with zero attached hydrogens (tertiary/aromatic N) is 5. The number of hydrogen-bond donors (Lipinski definition) is 1. The zero-order valence-corrected chi connectivity index (χ0v) is 16.8. The SMILES string of the molecule is C[C@H](Sc1nnc(N2CCCCC2)n1C1CC1)C(=O)Nc1ccc(C#N)cc1. The average Bonchev–Trinajstić information content (AvgIpc) is 3.49. The first-order valence-electron chi connectivity index (χ1n) is 9.83. The number of aromatic nitrogens is 3. The van der Waals surface area contributed by atoms with Gasteiger partial charge in [0.05, 0.1) is 16.9 Å². The largest absolute Gasteiger partial charge is 0.341 e. The van der Waals surface area contributed by atoms with Gasteiger partial charge in [-0.2, -0.15) is 5.26 Å². The fourth-order valence-corrected chi connectivity index (χ4v) is 4.31. The Bertz CT molecular complexity index is 877. The summed E-state index contributed by atoms with van der Waals surface area (Å²) in [5.74, 6) is 0.879. The lowest BCUT2D eigenvalue weighted by atomic mass is 10.1. The lowest BCUT2D eigenvalue weighted by Gasteiger charge is -2.28. The number of benzene rings is 1. The molecule has 1 amide bonds. The molecule has 146 valence electrons. The van der Waals surface area contributed by atoms with Crippen LogP contribution in [-0.2, 0) is 4.79 Å². The Labute approximate surface area is 169 Å². The van der Waals surface area contributed by atoms with Gasteiger partial charge in [0.1, 0.15) is 0 Å². The molecule has 1 atom stereocenters. The van der Waals surface area contributed by atoms with Crippen LogP contribution in [0.4, 0.5) is 11.6 Å². The van der Waals surface area contributed by atoms with Crippen LogP contribution in [0.25, 0.3) is 0 Å². The van der Waals surface area contributed by atoms with E-state index in [4.69, 9.17) is 5.26 Å². The minimum absolute atomic E-state index is 0.0837. The minimum Gasteiger partial charge on any atom is -0.341 e. The van der Waals surface area contributed by atoms with Crippen molar-refractivity contribution in [3.8, 4) is 6.07 Å². The Morgan fingerprint density at radius 1 is 1.21 bits per heavy atom. The van der Waals surface area contributed by atoms with Crippen molar-refractivity contribution in [2.75, 3.05) is 23.3 Å². The first kappa shape index (κ1) is 18.8. The van der Waals surface area contributed by atoms with Crippen molar-refractivity contribution in [2.45, 2.75) is 55.5 Å². The third-order valence-corrected chi connectivity index (χ3v) is 6.19. The minimum atomic E-state index is -0.299. The highest BCUT2D eigenvalue weighted by molar-refractivity contribution is 8.00. The average molecular weight is 397 g/mol. The molecule has 28 heavy (non-hydrogen) atoms. The molecule has 2 aliphatic rings. The molecule has 1 saturated heterocycles. The molecule has 0 unspecified atom stereocenters. The summed E-state index contributed by atoms with van der Waals surface area (Å²) in [5.41, 5.74) is 1.26. The van der Waals surface area contributed by atoms with Crippen LogP contribution in [0.1, 0.15) is 50.6 Å². The van der Waals surface area contributed by atoms with Crippen LogP contribution in [0.15, 0.2) is 29.4 Å². The monoisotopic (exact) mass is 396 g/mol. The summed E-state index contributed by atoms with van der Waals surface area (Å²) >= 11 is 1.46. The van der Waals surface area contributed by atoms with E-state index < -0.39 is 0 Å². The van der Waals surface area contributed by atoms with Gasteiger partial charge in [-0.05, 0) is 63.3 Å². The number of hydrogen-bond acceptors (Lipinski definition) is 6. The molecule has 2 heterocycles. The zero-order chi connectivity index (χ0) is 19.5. The molecule has 2 fully saturated rings. The number of amides is 1. The van der Waals surface area contributed by atoms with E-state index in [1.165, 1.54) is 31.0 Å². The van der Waals surface area contributed by atoms with E-state index in [1.54, 1.807) is 24.3 Å². The van der Waals surface area contributed by atoms with Gasteiger partial charge in [0.2, 0.25) is 11.9 Å². The Morgan fingerprint density at radius 3 is 2.57 bits per heavy atom. The number of rotatable bonds is 6. The number of carbonyl (C=O) groups excluding carboxylic acids is 1. The summed E-state index contributed by atoms with van der Waals surface area (Å²) < 4.78 is 2.24. The van der Waals surface area contributed by atoms with Crippen molar-refractivity contribution < 1.29 is 4.79 Å². The molecule has 1 N–H and O–H groups in total. The summed E-state index contributed by atoms with van der Waals surface area (Å²) in [7, 11) is 0. The van der Waals surface area contributed by atoms with E-state index in [1.807, 2.05) is 6.92 Å². The van der Waals surface area contributed by atoms with Crippen molar-refractivity contribution in [1.82, 2.24) is 14.8 Å². The van der Waals surface area contributed by atoms with E-state index >= 15 is 0 Å². The highest BCUT2D eigenvalue weighted by Gasteiger charge is 2.33. The molecular weight excluding hydrogens is 372 g/mol. The van der Waals surface area contributed by atoms with E-state index in [0.29, 0.717) is 17.3 Å². The fraction of sp³-hybridized carbons (Fsp3) is 0.500. The zero-order valence-electron chi connectivity index (χ0n) is 16.0. The van der Waals surface area contributed by atoms with E-state index in [0.717, 1.165) is 37.0 Å². The molecular formula is C20H24N6OS. The third kappa shape index (κ3) is 4.14. The lowest BCUT2D eigenvalue weighted by molar-refractivity contribution is -0.115. The number of nitriles is 1. The first-order valence-corrected chi connectivity index (χ1v) is 10.7. The second-order valence-corrected chi connectivity index (χ2v) is 8.68. The van der Waals surface area contributed by atoms with E-state index in [9.17, 15) is 4.79 Å². The smallest absolute Gasteiger partial charge is 0.237 e. The molecule has 0 bridgehead atoms. The second kappa shape index (κ2) is 8.23. The van der Waals surface area contributed by atoms with Crippen LogP contribution >= 0.6 is 11.8 Å². The molecule has 1 aliphatic carbocycles. The Balaban J connectivity index is 1.44. The first-order chi connectivity index (χ1) is 13.7. The summed E-state index contributed by atoms with van der Waals surface area (Å²) in [6, 6.07) is 9.42. The Hall–Kier alpha value is -2.53. The number of piperidine rings is 1. The Morgan fingerprint density at radius 2 is 1.93 bits per heavy atom. The maximum Gasteiger partial charge on any atom is 0.237 e. The topological polar surface area (TPSA) is 86.8 Å². The van der Waals surface area contributed by atoms with Gasteiger partial charge in [0.25, 0.3) is 0 Å². The van der Waals surface area contributed by atoms with Crippen LogP contribution in [0, 0.1) is 11.3 Å². The third-order valence-electron chi connectivity index (χ3n) is 5.13. The van der Waals surface area contributed by atoms with Crippen molar-refractivity contribution in [3.05, 3.63) is 29.8 Å². The maximum atomic E-state index is 12.6. The predicted octanol–water partition coefficient (Wildman–Crippen LogP) is 3.59. The number of carbonyl (C=O) groups is 1. The Kier molecular flexibility index (Phi) is 5.53. The highest BCUT2D eigenvalue weighted by Crippen LogP contribution is 2.42. The summed E-state index contributed by atoms with van der Waals surface area (Å²) in [6.45, 7) is 3.95. The van der Waals surface area contributed by atoms with Crippen LogP contribution in [-0.4, -0.2) is 39.0 Å². The van der Waals surface area contributed by atoms with Gasteiger partial charge >= 0.3 is 0 Å². The van der Waals surface area contributed by atoms with Gasteiger partial charge in [-0.3, -0.25) is 9.36 Å². The second-order valence-electron chi connectivity index (χ2n) is 7.37. The lowest BCUT2D eigenvalue weighted by Crippen LogP contribution is -2.32. The number of nitrogens with one attached hydrogen (secondary N) is 1. The van der Waals surface area contributed by atoms with Gasteiger partial charge < -0.3 is 10.2 Å². The van der Waals surface area contributed by atoms with Crippen molar-refractivity contribution in [2.24, 2.45) is 0 Å². The van der Waals surface area contributed by atoms with Crippen LogP contribution in [0.3, 0.4) is 0 Å². The van der Waals surface area contributed by atoms with Gasteiger partial charge in [0, 0.05) is 24.8 Å². The van der Waals surface area contributed by atoms with E-state index in [2.05, 4.69) is 31.1 Å². The normalized spacial score (nSPS) is 17.8. The van der Waals surface area contributed by atoms with Crippen LogP contribution in [0.5, 0.6) is 0 Å². The molecule has 1 aromatic carbocycles. The molecule has 0 spiro atoms. The van der Waals surface area contributed by atoms with Gasteiger partial charge in [-0.15, -0.1) is 10.2 Å². The van der Waals surface area contributed by atoms with Crippen molar-refractivity contribution in [3.63, 3.8) is 0 Å². The standard InChI is InChI=1S/C20H24N6OS/c1-14(18(27)22-16-7-5-15(13-21)6-8-16)28-20-24-23-19(26(20)17-9-10-17)25-11-3-2-4-12-25/h5-8,14,17H,2-4,9-12H2,1H3,(H,22,27)/t14-/m0/s1. The van der Waals surface area contributed by atoms with Crippen molar-refractivity contribution >= 4 is 29.3 Å². The molecule has 1 aliphatic heterocycles. The quantitative estimate of drug-likeness (QED) is 0.751. The van der Waals surface area contributed by atoms with Crippen LogP contribution in [0.2, 0.25) is 0 Å².